The normalized spacial score (nSPS) is 20.0. The van der Waals surface area contributed by atoms with E-state index in [1.165, 1.54) is 0 Å². The minimum absolute atomic E-state index is 0.0888. The van der Waals surface area contributed by atoms with Crippen molar-refractivity contribution in [2.24, 2.45) is 0 Å². The van der Waals surface area contributed by atoms with Crippen LogP contribution in [0.4, 0.5) is 4.79 Å². The summed E-state index contributed by atoms with van der Waals surface area (Å²) in [5, 5.41) is 5.54. The zero-order valence-corrected chi connectivity index (χ0v) is 15.4. The molecule has 3 amide bonds. The fraction of sp³-hybridized carbons (Fsp3) is 0.529. The highest BCUT2D eigenvalue weighted by Gasteiger charge is 2.21. The summed E-state index contributed by atoms with van der Waals surface area (Å²) in [6.07, 6.45) is 0. The number of nitrogens with one attached hydrogen (secondary N) is 2. The van der Waals surface area contributed by atoms with Crippen LogP contribution < -0.4 is 10.6 Å². The first-order valence-electron chi connectivity index (χ1n) is 8.76. The Morgan fingerprint density at radius 3 is 2.42 bits per heavy atom. The van der Waals surface area contributed by atoms with E-state index < -0.39 is 9.84 Å². The van der Waals surface area contributed by atoms with Gasteiger partial charge in [0.25, 0.3) is 5.91 Å². The van der Waals surface area contributed by atoms with Gasteiger partial charge in [0.15, 0.2) is 9.84 Å². The van der Waals surface area contributed by atoms with Gasteiger partial charge in [0.05, 0.1) is 11.5 Å². The van der Waals surface area contributed by atoms with Gasteiger partial charge in [-0.2, -0.15) is 0 Å². The smallest absolute Gasteiger partial charge is 0.317 e. The second-order valence-corrected chi connectivity index (χ2v) is 8.90. The number of hydrogen-bond donors (Lipinski definition) is 2. The highest BCUT2D eigenvalue weighted by molar-refractivity contribution is 7.91. The van der Waals surface area contributed by atoms with E-state index in [-0.39, 0.29) is 23.4 Å². The molecule has 3 rings (SSSR count). The Morgan fingerprint density at radius 2 is 1.81 bits per heavy atom. The summed E-state index contributed by atoms with van der Waals surface area (Å²) < 4.78 is 22.9. The van der Waals surface area contributed by atoms with Crippen LogP contribution in [-0.4, -0.2) is 80.9 Å². The number of urea groups is 1. The van der Waals surface area contributed by atoms with E-state index in [9.17, 15) is 18.0 Å². The number of benzene rings is 1. The number of carbonyl (C=O) groups is 2. The van der Waals surface area contributed by atoms with Crippen molar-refractivity contribution < 1.29 is 18.0 Å². The molecule has 0 bridgehead atoms. The maximum Gasteiger partial charge on any atom is 0.317 e. The molecule has 8 nitrogen and oxygen atoms in total. The maximum absolute atomic E-state index is 12.2. The van der Waals surface area contributed by atoms with Gasteiger partial charge in [-0.15, -0.1) is 0 Å². The Balaban J connectivity index is 1.44. The molecule has 0 atom stereocenters. The molecular weight excluding hydrogens is 356 g/mol. The van der Waals surface area contributed by atoms with Gasteiger partial charge >= 0.3 is 6.03 Å². The fourth-order valence-corrected chi connectivity index (χ4v) is 4.34. The number of nitrogens with zero attached hydrogens (tertiary/aromatic N) is 2. The minimum atomic E-state index is -2.87. The molecule has 0 aromatic heterocycles. The van der Waals surface area contributed by atoms with Crippen molar-refractivity contribution in [3.05, 3.63) is 35.4 Å². The van der Waals surface area contributed by atoms with E-state index in [0.717, 1.165) is 5.56 Å². The minimum Gasteiger partial charge on any atom is -0.350 e. The largest absolute Gasteiger partial charge is 0.350 e. The summed E-state index contributed by atoms with van der Waals surface area (Å²) in [5.41, 5.74) is 1.62. The van der Waals surface area contributed by atoms with Crippen LogP contribution in [-0.2, 0) is 16.4 Å². The maximum atomic E-state index is 12.2. The van der Waals surface area contributed by atoms with Crippen molar-refractivity contribution in [3.63, 3.8) is 0 Å². The van der Waals surface area contributed by atoms with Crippen LogP contribution in [0.2, 0.25) is 0 Å². The molecule has 1 aromatic carbocycles. The molecule has 9 heteroatoms. The number of sulfone groups is 1. The van der Waals surface area contributed by atoms with Crippen molar-refractivity contribution in [3.8, 4) is 0 Å². The summed E-state index contributed by atoms with van der Waals surface area (Å²) in [6.45, 7) is 4.01. The molecular formula is C17H24N4O4S. The molecule has 2 aliphatic rings. The molecule has 26 heavy (non-hydrogen) atoms. The molecule has 2 fully saturated rings. The summed E-state index contributed by atoms with van der Waals surface area (Å²) in [7, 11) is -2.87. The van der Waals surface area contributed by atoms with Crippen molar-refractivity contribution in [2.75, 3.05) is 50.8 Å². The Kier molecular flexibility index (Phi) is 5.77. The standard InChI is InChI=1S/C17H24N4O4S/c22-16(18-5-7-21-8-6-19-17(21)23)15-3-1-14(2-4-15)13-20-9-11-26(24,25)12-10-20/h1-4H,5-13H2,(H,18,22)(H,19,23). The van der Waals surface area contributed by atoms with Crippen LogP contribution in [0.3, 0.4) is 0 Å². The lowest BCUT2D eigenvalue weighted by atomic mass is 10.1. The fourth-order valence-electron chi connectivity index (χ4n) is 3.06. The number of carbonyl (C=O) groups excluding carboxylic acids is 2. The third-order valence-electron chi connectivity index (χ3n) is 4.67. The van der Waals surface area contributed by atoms with Crippen LogP contribution in [0.1, 0.15) is 15.9 Å². The second kappa shape index (κ2) is 8.05. The summed E-state index contributed by atoms with van der Waals surface area (Å²) in [5.74, 6) is 0.255. The summed E-state index contributed by atoms with van der Waals surface area (Å²) in [6, 6.07) is 7.24. The third-order valence-corrected chi connectivity index (χ3v) is 6.28. The molecule has 0 saturated carbocycles. The van der Waals surface area contributed by atoms with Crippen molar-refractivity contribution in [2.45, 2.75) is 6.54 Å². The lowest BCUT2D eigenvalue weighted by Crippen LogP contribution is -2.39. The average molecular weight is 380 g/mol. The summed E-state index contributed by atoms with van der Waals surface area (Å²) in [4.78, 5) is 27.4. The highest BCUT2D eigenvalue weighted by atomic mass is 32.2. The van der Waals surface area contributed by atoms with E-state index in [2.05, 4.69) is 15.5 Å². The van der Waals surface area contributed by atoms with Gasteiger partial charge in [-0.05, 0) is 17.7 Å². The molecule has 2 saturated heterocycles. The lowest BCUT2D eigenvalue weighted by molar-refractivity contribution is 0.0950. The number of hydrogen-bond acceptors (Lipinski definition) is 5. The van der Waals surface area contributed by atoms with E-state index in [1.807, 2.05) is 12.1 Å². The molecule has 0 radical (unpaired) electrons. The van der Waals surface area contributed by atoms with E-state index in [0.29, 0.717) is 51.4 Å². The van der Waals surface area contributed by atoms with Crippen LogP contribution in [0.5, 0.6) is 0 Å². The van der Waals surface area contributed by atoms with Gasteiger partial charge < -0.3 is 15.5 Å². The van der Waals surface area contributed by atoms with Gasteiger partial charge in [-0.3, -0.25) is 9.69 Å². The van der Waals surface area contributed by atoms with Gasteiger partial charge in [-0.1, -0.05) is 12.1 Å². The van der Waals surface area contributed by atoms with Crippen LogP contribution >= 0.6 is 0 Å². The molecule has 0 spiro atoms. The van der Waals surface area contributed by atoms with Gasteiger partial charge in [0.2, 0.25) is 0 Å². The first kappa shape index (κ1) is 18.7. The molecule has 0 aliphatic carbocycles. The van der Waals surface area contributed by atoms with Gasteiger partial charge in [0.1, 0.15) is 0 Å². The number of amides is 3. The molecule has 2 aliphatic heterocycles. The number of rotatable bonds is 6. The predicted molar refractivity (Wildman–Crippen MR) is 97.7 cm³/mol. The van der Waals surface area contributed by atoms with Crippen LogP contribution in [0.15, 0.2) is 24.3 Å². The zero-order valence-electron chi connectivity index (χ0n) is 14.6. The molecule has 2 heterocycles. The molecule has 2 N–H and O–H groups in total. The zero-order chi connectivity index (χ0) is 18.6. The quantitative estimate of drug-likeness (QED) is 0.704. The van der Waals surface area contributed by atoms with Gasteiger partial charge in [-0.25, -0.2) is 13.2 Å². The predicted octanol–water partition coefficient (Wildman–Crippen LogP) is -0.328. The average Bonchev–Trinajstić information content (AvgIpc) is 3.02. The molecule has 1 aromatic rings. The Hall–Kier alpha value is -2.13. The third kappa shape index (κ3) is 4.95. The highest BCUT2D eigenvalue weighted by Crippen LogP contribution is 2.11. The summed E-state index contributed by atoms with van der Waals surface area (Å²) >= 11 is 0. The van der Waals surface area contributed by atoms with Gasteiger partial charge in [0, 0.05) is 51.4 Å². The first-order valence-corrected chi connectivity index (χ1v) is 10.6. The molecule has 142 valence electrons. The SMILES string of the molecule is O=C(NCCN1CCNC1=O)c1ccc(CN2CCS(=O)(=O)CC2)cc1. The first-order chi connectivity index (χ1) is 12.4. The monoisotopic (exact) mass is 380 g/mol. The van der Waals surface area contributed by atoms with E-state index >= 15 is 0 Å². The Morgan fingerprint density at radius 1 is 1.12 bits per heavy atom. The van der Waals surface area contributed by atoms with Crippen molar-refractivity contribution in [1.29, 1.82) is 0 Å². The Bertz CT molecular complexity index is 749. The van der Waals surface area contributed by atoms with Crippen LogP contribution in [0.25, 0.3) is 0 Å². The second-order valence-electron chi connectivity index (χ2n) is 6.60. The van der Waals surface area contributed by atoms with E-state index in [4.69, 9.17) is 0 Å². The van der Waals surface area contributed by atoms with Crippen molar-refractivity contribution in [1.82, 2.24) is 20.4 Å². The van der Waals surface area contributed by atoms with Crippen molar-refractivity contribution >= 4 is 21.8 Å². The van der Waals surface area contributed by atoms with E-state index in [1.54, 1.807) is 17.0 Å². The van der Waals surface area contributed by atoms with Crippen LogP contribution in [0, 0.1) is 0 Å². The molecule has 0 unspecified atom stereocenters. The lowest BCUT2D eigenvalue weighted by Gasteiger charge is -2.26. The Labute approximate surface area is 153 Å². The topological polar surface area (TPSA) is 98.8 Å².